The van der Waals surface area contributed by atoms with Crippen LogP contribution in [0.4, 0.5) is 4.79 Å². The van der Waals surface area contributed by atoms with Gasteiger partial charge in [0.05, 0.1) is 0 Å². The molecular formula is C16H23NO3. The molecule has 0 aromatic heterocycles. The van der Waals surface area contributed by atoms with Crippen LogP contribution in [-0.2, 0) is 15.1 Å². The Labute approximate surface area is 120 Å². The fraction of sp³-hybridized carbons (Fsp3) is 0.500. The molecule has 110 valence electrons. The number of rotatable bonds is 3. The molecule has 0 aliphatic rings. The lowest BCUT2D eigenvalue weighted by Gasteiger charge is -2.36. The maximum absolute atomic E-state index is 12.2. The second-order valence-electron chi connectivity index (χ2n) is 6.12. The Morgan fingerprint density at radius 2 is 1.75 bits per heavy atom. The molecule has 0 aliphatic heterocycles. The average Bonchev–Trinajstić information content (AvgIpc) is 2.35. The van der Waals surface area contributed by atoms with E-state index < -0.39 is 17.2 Å². The monoisotopic (exact) mass is 277 g/mol. The summed E-state index contributed by atoms with van der Waals surface area (Å²) in [7, 11) is 1.58. The van der Waals surface area contributed by atoms with Crippen LogP contribution in [0.15, 0.2) is 24.3 Å². The summed E-state index contributed by atoms with van der Waals surface area (Å²) in [6, 6.07) is 7.52. The van der Waals surface area contributed by atoms with Gasteiger partial charge < -0.3 is 9.53 Å². The maximum atomic E-state index is 12.2. The molecule has 1 unspecified atom stereocenters. The number of nitrogens with zero attached hydrogens (tertiary/aromatic N) is 1. The zero-order chi connectivity index (χ0) is 15.6. The molecule has 1 rings (SSSR count). The number of hydrogen-bond acceptors (Lipinski definition) is 3. The minimum atomic E-state index is -1.05. The Morgan fingerprint density at radius 1 is 1.20 bits per heavy atom. The van der Waals surface area contributed by atoms with Crippen molar-refractivity contribution in [3.8, 4) is 0 Å². The maximum Gasteiger partial charge on any atom is 0.411 e. The third-order valence-electron chi connectivity index (χ3n) is 3.28. The van der Waals surface area contributed by atoms with Crippen molar-refractivity contribution in [1.29, 1.82) is 0 Å². The van der Waals surface area contributed by atoms with E-state index in [1.807, 2.05) is 31.2 Å². The van der Waals surface area contributed by atoms with Crippen molar-refractivity contribution in [2.24, 2.45) is 0 Å². The number of likely N-dealkylation sites (N-methyl/N-ethyl adjacent to an activating group) is 1. The fourth-order valence-electron chi connectivity index (χ4n) is 1.98. The SMILES string of the molecule is Cc1ccccc1C(C)(C=O)N(C)C(=O)OC(C)(C)C. The lowest BCUT2D eigenvalue weighted by atomic mass is 9.89. The summed E-state index contributed by atoms with van der Waals surface area (Å²) in [4.78, 5) is 25.2. The molecule has 0 saturated carbocycles. The second kappa shape index (κ2) is 5.65. The van der Waals surface area contributed by atoms with Crippen LogP contribution >= 0.6 is 0 Å². The summed E-state index contributed by atoms with van der Waals surface area (Å²) in [6.45, 7) is 9.02. The van der Waals surface area contributed by atoms with Crippen molar-refractivity contribution in [3.05, 3.63) is 35.4 Å². The van der Waals surface area contributed by atoms with E-state index in [4.69, 9.17) is 4.74 Å². The fourth-order valence-corrected chi connectivity index (χ4v) is 1.98. The molecule has 20 heavy (non-hydrogen) atoms. The number of aryl methyl sites for hydroxylation is 1. The van der Waals surface area contributed by atoms with Gasteiger partial charge in [0.25, 0.3) is 0 Å². The van der Waals surface area contributed by atoms with E-state index >= 15 is 0 Å². The van der Waals surface area contributed by atoms with Gasteiger partial charge in [-0.3, -0.25) is 4.90 Å². The number of amides is 1. The van der Waals surface area contributed by atoms with Gasteiger partial charge in [0.2, 0.25) is 0 Å². The summed E-state index contributed by atoms with van der Waals surface area (Å²) in [5, 5.41) is 0. The molecule has 0 N–H and O–H groups in total. The van der Waals surface area contributed by atoms with Crippen LogP contribution in [0.25, 0.3) is 0 Å². The van der Waals surface area contributed by atoms with Crippen molar-refractivity contribution in [2.75, 3.05) is 7.05 Å². The Bertz CT molecular complexity index is 505. The van der Waals surface area contributed by atoms with Gasteiger partial charge in [-0.25, -0.2) is 4.79 Å². The van der Waals surface area contributed by atoms with Crippen molar-refractivity contribution in [2.45, 2.75) is 45.8 Å². The third kappa shape index (κ3) is 3.38. The van der Waals surface area contributed by atoms with Gasteiger partial charge in [-0.05, 0) is 45.7 Å². The van der Waals surface area contributed by atoms with Gasteiger partial charge in [-0.2, -0.15) is 0 Å². The molecule has 0 aliphatic carbocycles. The number of benzene rings is 1. The van der Waals surface area contributed by atoms with Crippen LogP contribution in [0.5, 0.6) is 0 Å². The number of ether oxygens (including phenoxy) is 1. The first kappa shape index (κ1) is 16.2. The molecule has 1 aromatic rings. The minimum absolute atomic E-state index is 0.518. The van der Waals surface area contributed by atoms with E-state index in [1.54, 1.807) is 34.7 Å². The van der Waals surface area contributed by atoms with E-state index in [2.05, 4.69) is 0 Å². The lowest BCUT2D eigenvalue weighted by Crippen LogP contribution is -2.48. The van der Waals surface area contributed by atoms with E-state index in [1.165, 1.54) is 4.90 Å². The molecular weight excluding hydrogens is 254 g/mol. The Balaban J connectivity index is 3.14. The summed E-state index contributed by atoms with van der Waals surface area (Å²) in [6.07, 6.45) is 0.259. The van der Waals surface area contributed by atoms with E-state index in [0.717, 1.165) is 17.4 Å². The molecule has 1 aromatic carbocycles. The van der Waals surface area contributed by atoms with Gasteiger partial charge in [0, 0.05) is 7.05 Å². The molecule has 4 heteroatoms. The number of hydrogen-bond donors (Lipinski definition) is 0. The highest BCUT2D eigenvalue weighted by molar-refractivity contribution is 5.78. The first-order valence-electron chi connectivity index (χ1n) is 6.61. The smallest absolute Gasteiger partial charge is 0.411 e. The van der Waals surface area contributed by atoms with E-state index in [0.29, 0.717) is 0 Å². The second-order valence-corrected chi connectivity index (χ2v) is 6.12. The molecule has 1 amide bonds. The first-order chi connectivity index (χ1) is 9.12. The van der Waals surface area contributed by atoms with Crippen LogP contribution in [0.2, 0.25) is 0 Å². The molecule has 0 spiro atoms. The van der Waals surface area contributed by atoms with E-state index in [-0.39, 0.29) is 0 Å². The predicted molar refractivity (Wildman–Crippen MR) is 78.6 cm³/mol. The lowest BCUT2D eigenvalue weighted by molar-refractivity contribution is -0.117. The van der Waals surface area contributed by atoms with Crippen LogP contribution in [0.1, 0.15) is 38.8 Å². The van der Waals surface area contributed by atoms with Crippen LogP contribution in [0.3, 0.4) is 0 Å². The number of carbonyl (C=O) groups excluding carboxylic acids is 2. The predicted octanol–water partition coefficient (Wildman–Crippen LogP) is 3.28. The van der Waals surface area contributed by atoms with Crippen molar-refractivity contribution < 1.29 is 14.3 Å². The highest BCUT2D eigenvalue weighted by atomic mass is 16.6. The molecule has 0 heterocycles. The summed E-state index contributed by atoms with van der Waals surface area (Å²) >= 11 is 0. The summed E-state index contributed by atoms with van der Waals surface area (Å²) < 4.78 is 5.34. The Morgan fingerprint density at radius 3 is 2.20 bits per heavy atom. The zero-order valence-corrected chi connectivity index (χ0v) is 13.1. The standard InChI is InChI=1S/C16H23NO3/c1-12-9-7-8-10-13(12)16(5,11-18)17(6)14(19)20-15(2,3)4/h7-11H,1-6H3. The minimum Gasteiger partial charge on any atom is -0.444 e. The molecule has 1 atom stereocenters. The van der Waals surface area contributed by atoms with Crippen LogP contribution in [0, 0.1) is 6.92 Å². The highest BCUT2D eigenvalue weighted by Crippen LogP contribution is 2.29. The van der Waals surface area contributed by atoms with Gasteiger partial charge in [0.15, 0.2) is 0 Å². The van der Waals surface area contributed by atoms with E-state index in [9.17, 15) is 9.59 Å². The Hall–Kier alpha value is -1.84. The molecule has 0 fully saturated rings. The summed E-state index contributed by atoms with van der Waals surface area (Å²) in [5.41, 5.74) is 0.107. The Kier molecular flexibility index (Phi) is 4.58. The molecule has 4 nitrogen and oxygen atoms in total. The van der Waals surface area contributed by atoms with Crippen molar-refractivity contribution >= 4 is 12.4 Å². The normalized spacial score (nSPS) is 14.3. The van der Waals surface area contributed by atoms with Gasteiger partial charge >= 0.3 is 6.09 Å². The van der Waals surface area contributed by atoms with Gasteiger partial charge in [-0.15, -0.1) is 0 Å². The first-order valence-corrected chi connectivity index (χ1v) is 6.61. The average molecular weight is 277 g/mol. The van der Waals surface area contributed by atoms with Crippen molar-refractivity contribution in [1.82, 2.24) is 4.90 Å². The van der Waals surface area contributed by atoms with Crippen molar-refractivity contribution in [3.63, 3.8) is 0 Å². The molecule has 0 radical (unpaired) electrons. The van der Waals surface area contributed by atoms with Gasteiger partial charge in [0.1, 0.15) is 17.4 Å². The molecule has 0 bridgehead atoms. The van der Waals surface area contributed by atoms with Gasteiger partial charge in [-0.1, -0.05) is 24.3 Å². The third-order valence-corrected chi connectivity index (χ3v) is 3.28. The van der Waals surface area contributed by atoms with Crippen LogP contribution < -0.4 is 0 Å². The number of carbonyl (C=O) groups is 2. The topological polar surface area (TPSA) is 46.6 Å². The highest BCUT2D eigenvalue weighted by Gasteiger charge is 2.37. The molecule has 0 saturated heterocycles. The quantitative estimate of drug-likeness (QED) is 0.797. The summed E-state index contributed by atoms with van der Waals surface area (Å²) in [5.74, 6) is 0. The largest absolute Gasteiger partial charge is 0.444 e. The zero-order valence-electron chi connectivity index (χ0n) is 13.1. The number of aldehydes is 1. The van der Waals surface area contributed by atoms with Crippen LogP contribution in [-0.4, -0.2) is 29.9 Å².